The number of thioether (sulfide) groups is 1. The molecule has 0 N–H and O–H groups in total. The first-order valence-corrected chi connectivity index (χ1v) is 4.22. The van der Waals surface area contributed by atoms with Crippen LogP contribution in [-0.2, 0) is 7.05 Å². The van der Waals surface area contributed by atoms with Gasteiger partial charge in [0.25, 0.3) is 0 Å². The molecule has 1 aromatic rings. The van der Waals surface area contributed by atoms with Gasteiger partial charge < -0.3 is 4.57 Å². The standard InChI is InChI=1S/C7H12N2S/c1-6(2)10-7-8-4-5-9(7)3/h4-6H,1-3H3. The van der Waals surface area contributed by atoms with Crippen molar-refractivity contribution in [2.75, 3.05) is 0 Å². The van der Waals surface area contributed by atoms with E-state index in [2.05, 4.69) is 18.8 Å². The molecule has 0 spiro atoms. The van der Waals surface area contributed by atoms with Gasteiger partial charge in [0.2, 0.25) is 0 Å². The van der Waals surface area contributed by atoms with Gasteiger partial charge >= 0.3 is 0 Å². The zero-order valence-electron chi connectivity index (χ0n) is 6.53. The van der Waals surface area contributed by atoms with Crippen molar-refractivity contribution < 1.29 is 0 Å². The van der Waals surface area contributed by atoms with Crippen LogP contribution in [0.4, 0.5) is 0 Å². The molecule has 0 amide bonds. The first kappa shape index (κ1) is 7.66. The summed E-state index contributed by atoms with van der Waals surface area (Å²) in [5.41, 5.74) is 0. The van der Waals surface area contributed by atoms with E-state index in [9.17, 15) is 0 Å². The van der Waals surface area contributed by atoms with Crippen molar-refractivity contribution in [3.05, 3.63) is 12.4 Å². The monoisotopic (exact) mass is 156 g/mol. The molecule has 1 heterocycles. The molecule has 0 aliphatic carbocycles. The molecule has 0 fully saturated rings. The Morgan fingerprint density at radius 1 is 1.60 bits per heavy atom. The second kappa shape index (κ2) is 3.10. The molecule has 0 bridgehead atoms. The Morgan fingerprint density at radius 2 is 2.30 bits per heavy atom. The minimum Gasteiger partial charge on any atom is -0.329 e. The summed E-state index contributed by atoms with van der Waals surface area (Å²) in [4.78, 5) is 4.18. The minimum absolute atomic E-state index is 0.612. The lowest BCUT2D eigenvalue weighted by atomic mass is 10.6. The van der Waals surface area contributed by atoms with Crippen LogP contribution < -0.4 is 0 Å². The Morgan fingerprint density at radius 3 is 2.70 bits per heavy atom. The molecule has 1 rings (SSSR count). The third-order valence-electron chi connectivity index (χ3n) is 1.12. The van der Waals surface area contributed by atoms with E-state index >= 15 is 0 Å². The molecule has 0 radical (unpaired) electrons. The van der Waals surface area contributed by atoms with Gasteiger partial charge in [-0.1, -0.05) is 25.6 Å². The SMILES string of the molecule is CC(C)Sc1nccn1C. The molecule has 0 aliphatic heterocycles. The fourth-order valence-electron chi connectivity index (χ4n) is 0.676. The van der Waals surface area contributed by atoms with Gasteiger partial charge in [0, 0.05) is 24.7 Å². The van der Waals surface area contributed by atoms with Crippen LogP contribution in [0.25, 0.3) is 0 Å². The molecule has 0 saturated heterocycles. The van der Waals surface area contributed by atoms with Crippen LogP contribution in [0.1, 0.15) is 13.8 Å². The molecule has 2 nitrogen and oxygen atoms in total. The highest BCUT2D eigenvalue weighted by atomic mass is 32.2. The van der Waals surface area contributed by atoms with Gasteiger partial charge in [0.05, 0.1) is 0 Å². The van der Waals surface area contributed by atoms with Crippen LogP contribution in [0.15, 0.2) is 17.6 Å². The quantitative estimate of drug-likeness (QED) is 0.609. The van der Waals surface area contributed by atoms with Gasteiger partial charge in [-0.2, -0.15) is 0 Å². The van der Waals surface area contributed by atoms with E-state index in [0.29, 0.717) is 5.25 Å². The molecule has 1 aromatic heterocycles. The van der Waals surface area contributed by atoms with E-state index < -0.39 is 0 Å². The number of hydrogen-bond donors (Lipinski definition) is 0. The molecule has 10 heavy (non-hydrogen) atoms. The maximum atomic E-state index is 4.18. The van der Waals surface area contributed by atoms with Crippen molar-refractivity contribution in [2.24, 2.45) is 7.05 Å². The first-order valence-electron chi connectivity index (χ1n) is 3.34. The van der Waals surface area contributed by atoms with Crippen LogP contribution in [0.2, 0.25) is 0 Å². The normalized spacial score (nSPS) is 10.8. The second-order valence-electron chi connectivity index (χ2n) is 2.49. The van der Waals surface area contributed by atoms with Crippen molar-refractivity contribution >= 4 is 11.8 Å². The predicted molar refractivity (Wildman–Crippen MR) is 44.2 cm³/mol. The van der Waals surface area contributed by atoms with Crippen molar-refractivity contribution in [3.63, 3.8) is 0 Å². The van der Waals surface area contributed by atoms with Crippen molar-refractivity contribution in [2.45, 2.75) is 24.3 Å². The molecule has 0 atom stereocenters. The van der Waals surface area contributed by atoms with Gasteiger partial charge in [-0.05, 0) is 0 Å². The maximum absolute atomic E-state index is 4.18. The first-order chi connectivity index (χ1) is 4.70. The van der Waals surface area contributed by atoms with Crippen LogP contribution >= 0.6 is 11.8 Å². The summed E-state index contributed by atoms with van der Waals surface area (Å²) >= 11 is 1.78. The van der Waals surface area contributed by atoms with Crippen LogP contribution in [0.3, 0.4) is 0 Å². The third kappa shape index (κ3) is 1.77. The zero-order chi connectivity index (χ0) is 7.56. The molecular weight excluding hydrogens is 144 g/mol. The number of nitrogens with zero attached hydrogens (tertiary/aromatic N) is 2. The summed E-state index contributed by atoms with van der Waals surface area (Å²) in [7, 11) is 2.01. The molecular formula is C7H12N2S. The highest BCUT2D eigenvalue weighted by molar-refractivity contribution is 7.99. The second-order valence-corrected chi connectivity index (χ2v) is 4.03. The van der Waals surface area contributed by atoms with Crippen molar-refractivity contribution in [1.82, 2.24) is 9.55 Å². The van der Waals surface area contributed by atoms with Gasteiger partial charge in [0.15, 0.2) is 5.16 Å². The Bertz CT molecular complexity index is 205. The van der Waals surface area contributed by atoms with E-state index in [-0.39, 0.29) is 0 Å². The largest absolute Gasteiger partial charge is 0.329 e. The van der Waals surface area contributed by atoms with Gasteiger partial charge in [-0.15, -0.1) is 0 Å². The van der Waals surface area contributed by atoms with E-state index in [0.717, 1.165) is 5.16 Å². The Labute approximate surface area is 65.7 Å². The number of rotatable bonds is 2. The summed E-state index contributed by atoms with van der Waals surface area (Å²) < 4.78 is 2.03. The maximum Gasteiger partial charge on any atom is 0.167 e. The predicted octanol–water partition coefficient (Wildman–Crippen LogP) is 1.92. The summed E-state index contributed by atoms with van der Waals surface area (Å²) in [5, 5.41) is 1.70. The lowest BCUT2D eigenvalue weighted by molar-refractivity contribution is 0.787. The van der Waals surface area contributed by atoms with Crippen LogP contribution in [-0.4, -0.2) is 14.8 Å². The topological polar surface area (TPSA) is 17.8 Å². The Hall–Kier alpha value is -0.440. The Balaban J connectivity index is 2.65. The van der Waals surface area contributed by atoms with Gasteiger partial charge in [-0.25, -0.2) is 4.98 Å². The van der Waals surface area contributed by atoms with E-state index in [4.69, 9.17) is 0 Å². The van der Waals surface area contributed by atoms with Crippen molar-refractivity contribution in [1.29, 1.82) is 0 Å². The highest BCUT2D eigenvalue weighted by Gasteiger charge is 2.01. The van der Waals surface area contributed by atoms with E-state index in [1.807, 2.05) is 24.0 Å². The molecule has 0 saturated carbocycles. The number of hydrogen-bond acceptors (Lipinski definition) is 2. The van der Waals surface area contributed by atoms with Crippen LogP contribution in [0, 0.1) is 0 Å². The van der Waals surface area contributed by atoms with Gasteiger partial charge in [-0.3, -0.25) is 0 Å². The molecule has 56 valence electrons. The third-order valence-corrected chi connectivity index (χ3v) is 2.19. The summed E-state index contributed by atoms with van der Waals surface area (Å²) in [6.07, 6.45) is 3.79. The van der Waals surface area contributed by atoms with Crippen LogP contribution in [0.5, 0.6) is 0 Å². The fraction of sp³-hybridized carbons (Fsp3) is 0.571. The summed E-state index contributed by atoms with van der Waals surface area (Å²) in [6.45, 7) is 4.33. The van der Waals surface area contributed by atoms with E-state index in [1.165, 1.54) is 0 Å². The number of imidazole rings is 1. The lowest BCUT2D eigenvalue weighted by Crippen LogP contribution is -1.93. The molecule has 0 aromatic carbocycles. The van der Waals surface area contributed by atoms with E-state index in [1.54, 1.807) is 11.8 Å². The van der Waals surface area contributed by atoms with Gasteiger partial charge in [0.1, 0.15) is 0 Å². The average molecular weight is 156 g/mol. The summed E-state index contributed by atoms with van der Waals surface area (Å²) in [5.74, 6) is 0. The highest BCUT2D eigenvalue weighted by Crippen LogP contribution is 2.19. The molecule has 0 unspecified atom stereocenters. The fourth-order valence-corrected chi connectivity index (χ4v) is 1.45. The minimum atomic E-state index is 0.612. The lowest BCUT2D eigenvalue weighted by Gasteiger charge is -2.02. The zero-order valence-corrected chi connectivity index (χ0v) is 7.35. The van der Waals surface area contributed by atoms with Crippen molar-refractivity contribution in [3.8, 4) is 0 Å². The summed E-state index contributed by atoms with van der Waals surface area (Å²) in [6, 6.07) is 0. The smallest absolute Gasteiger partial charge is 0.167 e. The molecule has 0 aliphatic rings. The Kier molecular flexibility index (Phi) is 2.38. The average Bonchev–Trinajstić information content (AvgIpc) is 2.15. The molecule has 3 heteroatoms. The number of aromatic nitrogens is 2. The number of aryl methyl sites for hydroxylation is 1.